The summed E-state index contributed by atoms with van der Waals surface area (Å²) in [4.78, 5) is 0. The van der Waals surface area contributed by atoms with Crippen LogP contribution in [0.4, 0.5) is 0 Å². The van der Waals surface area contributed by atoms with Gasteiger partial charge in [-0.2, -0.15) is 0 Å². The highest BCUT2D eigenvalue weighted by Crippen LogP contribution is 2.48. The van der Waals surface area contributed by atoms with Crippen LogP contribution >= 0.6 is 0 Å². The number of hydrogen-bond donors (Lipinski definition) is 1. The van der Waals surface area contributed by atoms with Crippen LogP contribution in [0.2, 0.25) is 0 Å². The summed E-state index contributed by atoms with van der Waals surface area (Å²) in [5.41, 5.74) is 9.62. The summed E-state index contributed by atoms with van der Waals surface area (Å²) in [7, 11) is 0. The summed E-state index contributed by atoms with van der Waals surface area (Å²) >= 11 is 0. The molecule has 2 N–H and O–H groups in total. The number of unbranched alkanes of at least 4 members (excludes halogenated alkanes) is 3. The van der Waals surface area contributed by atoms with Gasteiger partial charge in [0.25, 0.3) is 0 Å². The fraction of sp³-hybridized carbons (Fsp3) is 0.889. The van der Waals surface area contributed by atoms with E-state index in [4.69, 9.17) is 5.73 Å². The smallest absolute Gasteiger partial charge is 0.0108 e. The van der Waals surface area contributed by atoms with Crippen LogP contribution in [-0.4, -0.2) is 6.04 Å². The molecule has 0 spiro atoms. The maximum Gasteiger partial charge on any atom is 0.0108 e. The Kier molecular flexibility index (Phi) is 7.75. The summed E-state index contributed by atoms with van der Waals surface area (Å²) in [6.45, 7) is 9.04. The molecular weight excluding hydrogens is 230 g/mol. The predicted octanol–water partition coefficient (Wildman–Crippen LogP) is 5.45. The van der Waals surface area contributed by atoms with Crippen molar-refractivity contribution in [1.29, 1.82) is 0 Å². The van der Waals surface area contributed by atoms with Crippen LogP contribution in [0.1, 0.15) is 85.5 Å². The van der Waals surface area contributed by atoms with Crippen molar-refractivity contribution in [2.45, 2.75) is 91.5 Å². The lowest BCUT2D eigenvalue weighted by atomic mass is 9.91. The lowest BCUT2D eigenvalue weighted by Crippen LogP contribution is -2.26. The molecule has 0 bridgehead atoms. The van der Waals surface area contributed by atoms with E-state index in [2.05, 4.69) is 27.7 Å². The summed E-state index contributed by atoms with van der Waals surface area (Å²) in [5.74, 6) is 1.68. The van der Waals surface area contributed by atoms with Gasteiger partial charge in [0.05, 0.1) is 0 Å². The molecule has 1 nitrogen and oxygen atoms in total. The fourth-order valence-corrected chi connectivity index (χ4v) is 3.93. The van der Waals surface area contributed by atoms with E-state index in [0.717, 1.165) is 11.8 Å². The van der Waals surface area contributed by atoms with Crippen molar-refractivity contribution in [3.05, 3.63) is 11.1 Å². The molecular formula is C18H35N. The van der Waals surface area contributed by atoms with Gasteiger partial charge in [-0.25, -0.2) is 0 Å². The normalized spacial score (nSPS) is 29.2. The molecule has 0 radical (unpaired) electrons. The number of allylic oxidation sites excluding steroid dienone is 1. The topological polar surface area (TPSA) is 26.0 Å². The van der Waals surface area contributed by atoms with E-state index in [-0.39, 0.29) is 0 Å². The maximum atomic E-state index is 6.17. The van der Waals surface area contributed by atoms with E-state index in [1.807, 2.05) is 0 Å². The lowest BCUT2D eigenvalue weighted by molar-refractivity contribution is 0.442. The van der Waals surface area contributed by atoms with Crippen LogP contribution in [0.3, 0.4) is 0 Å². The quantitative estimate of drug-likeness (QED) is 0.519. The molecule has 112 valence electrons. The SMILES string of the molecule is CCC1=C(CC)C2C(N)CCC2C1.CCCCCC. The van der Waals surface area contributed by atoms with Gasteiger partial charge in [-0.05, 0) is 43.9 Å². The standard InChI is InChI=1S/C12H21N.C6H14/c1-3-8-7-9-5-6-11(13)12(9)10(8)4-2;1-3-5-6-4-2/h9,11-12H,3-7,13H2,1-2H3;3-6H2,1-2H3. The second kappa shape index (κ2) is 8.79. The minimum atomic E-state index is 0.476. The minimum Gasteiger partial charge on any atom is -0.327 e. The third kappa shape index (κ3) is 4.34. The number of nitrogens with two attached hydrogens (primary N) is 1. The Bertz CT molecular complexity index is 275. The molecule has 0 saturated heterocycles. The van der Waals surface area contributed by atoms with Gasteiger partial charge < -0.3 is 5.73 Å². The van der Waals surface area contributed by atoms with Gasteiger partial charge in [0.1, 0.15) is 0 Å². The Labute approximate surface area is 121 Å². The molecule has 0 aliphatic heterocycles. The molecule has 2 aliphatic carbocycles. The lowest BCUT2D eigenvalue weighted by Gasteiger charge is -2.18. The zero-order chi connectivity index (χ0) is 14.3. The highest BCUT2D eigenvalue weighted by molar-refractivity contribution is 5.28. The Morgan fingerprint density at radius 3 is 2.05 bits per heavy atom. The third-order valence-corrected chi connectivity index (χ3v) is 4.97. The maximum absolute atomic E-state index is 6.17. The zero-order valence-electron chi connectivity index (χ0n) is 13.7. The highest BCUT2D eigenvalue weighted by Gasteiger charge is 2.40. The van der Waals surface area contributed by atoms with E-state index in [9.17, 15) is 0 Å². The fourth-order valence-electron chi connectivity index (χ4n) is 3.93. The molecule has 2 rings (SSSR count). The number of rotatable bonds is 5. The summed E-state index contributed by atoms with van der Waals surface area (Å²) in [5, 5.41) is 0. The predicted molar refractivity (Wildman–Crippen MR) is 86.2 cm³/mol. The zero-order valence-corrected chi connectivity index (χ0v) is 13.7. The van der Waals surface area contributed by atoms with Gasteiger partial charge in [0.2, 0.25) is 0 Å². The van der Waals surface area contributed by atoms with Crippen molar-refractivity contribution < 1.29 is 0 Å². The Hall–Kier alpha value is -0.300. The first-order valence-electron chi connectivity index (χ1n) is 8.65. The summed E-state index contributed by atoms with van der Waals surface area (Å²) in [6, 6.07) is 0.476. The first-order chi connectivity index (χ1) is 9.19. The molecule has 3 atom stereocenters. The van der Waals surface area contributed by atoms with Gasteiger partial charge in [0.15, 0.2) is 0 Å². The average Bonchev–Trinajstić information content (AvgIpc) is 2.96. The van der Waals surface area contributed by atoms with Crippen LogP contribution in [0.15, 0.2) is 11.1 Å². The van der Waals surface area contributed by atoms with Crippen molar-refractivity contribution in [1.82, 2.24) is 0 Å². The second-order valence-corrected chi connectivity index (χ2v) is 6.27. The van der Waals surface area contributed by atoms with E-state index in [1.165, 1.54) is 57.8 Å². The van der Waals surface area contributed by atoms with Gasteiger partial charge in [-0.15, -0.1) is 0 Å². The molecule has 3 unspecified atom stereocenters. The molecule has 2 aliphatic rings. The highest BCUT2D eigenvalue weighted by atomic mass is 14.7. The van der Waals surface area contributed by atoms with Crippen LogP contribution < -0.4 is 5.73 Å². The molecule has 0 amide bonds. The van der Waals surface area contributed by atoms with Gasteiger partial charge in [-0.3, -0.25) is 0 Å². The largest absolute Gasteiger partial charge is 0.327 e. The summed E-state index contributed by atoms with van der Waals surface area (Å²) < 4.78 is 0. The monoisotopic (exact) mass is 265 g/mol. The van der Waals surface area contributed by atoms with E-state index >= 15 is 0 Å². The van der Waals surface area contributed by atoms with Crippen LogP contribution in [0.25, 0.3) is 0 Å². The van der Waals surface area contributed by atoms with Crippen molar-refractivity contribution in [2.75, 3.05) is 0 Å². The molecule has 1 saturated carbocycles. The molecule has 0 aromatic rings. The molecule has 1 fully saturated rings. The Morgan fingerprint density at radius 1 is 0.947 bits per heavy atom. The van der Waals surface area contributed by atoms with Gasteiger partial charge in [0, 0.05) is 6.04 Å². The first kappa shape index (κ1) is 16.8. The third-order valence-electron chi connectivity index (χ3n) is 4.97. The van der Waals surface area contributed by atoms with Crippen LogP contribution in [-0.2, 0) is 0 Å². The molecule has 0 aromatic heterocycles. The Balaban J connectivity index is 0.000000258. The summed E-state index contributed by atoms with van der Waals surface area (Å²) in [6.07, 6.45) is 12.0. The number of fused-ring (bicyclic) bond motifs is 1. The van der Waals surface area contributed by atoms with E-state index in [0.29, 0.717) is 6.04 Å². The average molecular weight is 265 g/mol. The minimum absolute atomic E-state index is 0.476. The number of hydrogen-bond acceptors (Lipinski definition) is 1. The molecule has 19 heavy (non-hydrogen) atoms. The molecule has 0 aromatic carbocycles. The molecule has 0 heterocycles. The van der Waals surface area contributed by atoms with Crippen molar-refractivity contribution in [2.24, 2.45) is 17.6 Å². The molecule has 1 heteroatoms. The van der Waals surface area contributed by atoms with E-state index in [1.54, 1.807) is 11.1 Å². The van der Waals surface area contributed by atoms with E-state index < -0.39 is 0 Å². The first-order valence-corrected chi connectivity index (χ1v) is 8.65. The van der Waals surface area contributed by atoms with Crippen LogP contribution in [0.5, 0.6) is 0 Å². The van der Waals surface area contributed by atoms with Crippen molar-refractivity contribution in [3.63, 3.8) is 0 Å². The van der Waals surface area contributed by atoms with Gasteiger partial charge in [-0.1, -0.05) is 64.5 Å². The second-order valence-electron chi connectivity index (χ2n) is 6.27. The van der Waals surface area contributed by atoms with Crippen molar-refractivity contribution >= 4 is 0 Å². The van der Waals surface area contributed by atoms with Crippen molar-refractivity contribution in [3.8, 4) is 0 Å². The van der Waals surface area contributed by atoms with Crippen LogP contribution in [0, 0.1) is 11.8 Å². The van der Waals surface area contributed by atoms with Gasteiger partial charge >= 0.3 is 0 Å². The Morgan fingerprint density at radius 2 is 1.58 bits per heavy atom.